The van der Waals surface area contributed by atoms with Crippen LogP contribution in [0.25, 0.3) is 0 Å². The van der Waals surface area contributed by atoms with Gasteiger partial charge in [-0.25, -0.2) is 0 Å². The molecule has 2 unspecified atom stereocenters. The molecule has 17 heavy (non-hydrogen) atoms. The monoisotopic (exact) mass is 240 g/mol. The standard InChI is InChI=1S/C14H28N2O/c1-15-14-8-13(6-3-7-17)10-16(11-14)9-12-4-2-5-12/h12-15,17H,2-11H2,1H3. The van der Waals surface area contributed by atoms with Gasteiger partial charge in [-0.2, -0.15) is 0 Å². The lowest BCUT2D eigenvalue weighted by atomic mass is 9.83. The fourth-order valence-electron chi connectivity index (χ4n) is 3.29. The van der Waals surface area contributed by atoms with E-state index in [2.05, 4.69) is 17.3 Å². The molecule has 0 aromatic rings. The van der Waals surface area contributed by atoms with Crippen LogP contribution in [0.1, 0.15) is 38.5 Å². The van der Waals surface area contributed by atoms with Crippen molar-refractivity contribution in [1.29, 1.82) is 0 Å². The first-order valence-electron chi connectivity index (χ1n) is 7.32. The average Bonchev–Trinajstić information content (AvgIpc) is 2.31. The zero-order valence-corrected chi connectivity index (χ0v) is 11.2. The number of aliphatic hydroxyl groups excluding tert-OH is 1. The lowest BCUT2D eigenvalue weighted by Gasteiger charge is -2.41. The molecule has 2 aliphatic rings. The molecule has 2 N–H and O–H groups in total. The average molecular weight is 240 g/mol. The number of piperidine rings is 1. The quantitative estimate of drug-likeness (QED) is 0.738. The zero-order valence-electron chi connectivity index (χ0n) is 11.2. The molecular weight excluding hydrogens is 212 g/mol. The van der Waals surface area contributed by atoms with Crippen LogP contribution in [-0.4, -0.2) is 49.3 Å². The van der Waals surface area contributed by atoms with E-state index >= 15 is 0 Å². The number of nitrogens with one attached hydrogen (secondary N) is 1. The molecule has 2 rings (SSSR count). The van der Waals surface area contributed by atoms with Gasteiger partial charge in [0.25, 0.3) is 0 Å². The van der Waals surface area contributed by atoms with Gasteiger partial charge < -0.3 is 15.3 Å². The Bertz CT molecular complexity index is 216. The second kappa shape index (κ2) is 6.72. The molecule has 0 aromatic carbocycles. The third-order valence-electron chi connectivity index (χ3n) is 4.53. The number of hydrogen-bond donors (Lipinski definition) is 2. The summed E-state index contributed by atoms with van der Waals surface area (Å²) in [5.41, 5.74) is 0. The fraction of sp³-hybridized carbons (Fsp3) is 1.00. The maximum Gasteiger partial charge on any atom is 0.0431 e. The highest BCUT2D eigenvalue weighted by atomic mass is 16.2. The predicted octanol–water partition coefficient (Wildman–Crippen LogP) is 1.47. The summed E-state index contributed by atoms with van der Waals surface area (Å²) in [5.74, 6) is 1.76. The minimum Gasteiger partial charge on any atom is -0.396 e. The predicted molar refractivity (Wildman–Crippen MR) is 71.1 cm³/mol. The molecule has 100 valence electrons. The van der Waals surface area contributed by atoms with E-state index in [-0.39, 0.29) is 0 Å². The Hall–Kier alpha value is -0.120. The first-order chi connectivity index (χ1) is 8.31. The molecule has 0 bridgehead atoms. The van der Waals surface area contributed by atoms with E-state index in [4.69, 9.17) is 5.11 Å². The number of hydrogen-bond acceptors (Lipinski definition) is 3. The largest absolute Gasteiger partial charge is 0.396 e. The Balaban J connectivity index is 1.78. The zero-order chi connectivity index (χ0) is 12.1. The molecule has 1 aliphatic heterocycles. The maximum atomic E-state index is 8.95. The summed E-state index contributed by atoms with van der Waals surface area (Å²) in [6.45, 7) is 4.15. The van der Waals surface area contributed by atoms with Crippen LogP contribution >= 0.6 is 0 Å². The summed E-state index contributed by atoms with van der Waals surface area (Å²) < 4.78 is 0. The number of rotatable bonds is 6. The van der Waals surface area contributed by atoms with Crippen LogP contribution in [0.15, 0.2) is 0 Å². The van der Waals surface area contributed by atoms with Crippen molar-refractivity contribution in [3.05, 3.63) is 0 Å². The lowest BCUT2D eigenvalue weighted by Crippen LogP contribution is -2.50. The molecule has 3 nitrogen and oxygen atoms in total. The van der Waals surface area contributed by atoms with Crippen LogP contribution in [0.2, 0.25) is 0 Å². The number of likely N-dealkylation sites (N-methyl/N-ethyl adjacent to an activating group) is 1. The molecule has 1 aliphatic carbocycles. The first-order valence-corrected chi connectivity index (χ1v) is 7.32. The van der Waals surface area contributed by atoms with Crippen molar-refractivity contribution in [2.24, 2.45) is 11.8 Å². The van der Waals surface area contributed by atoms with Crippen LogP contribution in [0, 0.1) is 11.8 Å². The highest BCUT2D eigenvalue weighted by Gasteiger charge is 2.28. The van der Waals surface area contributed by atoms with Gasteiger partial charge in [0.2, 0.25) is 0 Å². The van der Waals surface area contributed by atoms with Gasteiger partial charge in [-0.1, -0.05) is 6.42 Å². The second-order valence-electron chi connectivity index (χ2n) is 5.97. The Morgan fingerprint density at radius 2 is 2.06 bits per heavy atom. The molecule has 2 atom stereocenters. The topological polar surface area (TPSA) is 35.5 Å². The summed E-state index contributed by atoms with van der Waals surface area (Å²) in [4.78, 5) is 2.66. The van der Waals surface area contributed by atoms with Crippen molar-refractivity contribution in [3.8, 4) is 0 Å². The van der Waals surface area contributed by atoms with Crippen molar-refractivity contribution >= 4 is 0 Å². The van der Waals surface area contributed by atoms with Gasteiger partial charge in [-0.3, -0.25) is 0 Å². The van der Waals surface area contributed by atoms with E-state index in [1.54, 1.807) is 0 Å². The summed E-state index contributed by atoms with van der Waals surface area (Å²) in [6.07, 6.45) is 7.79. The summed E-state index contributed by atoms with van der Waals surface area (Å²) >= 11 is 0. The van der Waals surface area contributed by atoms with Crippen molar-refractivity contribution in [3.63, 3.8) is 0 Å². The number of aliphatic hydroxyl groups is 1. The molecule has 1 saturated heterocycles. The lowest BCUT2D eigenvalue weighted by molar-refractivity contribution is 0.0975. The van der Waals surface area contributed by atoms with Gasteiger partial charge in [0.1, 0.15) is 0 Å². The van der Waals surface area contributed by atoms with E-state index in [0.717, 1.165) is 18.3 Å². The van der Waals surface area contributed by atoms with Crippen LogP contribution in [0.4, 0.5) is 0 Å². The summed E-state index contributed by atoms with van der Waals surface area (Å²) in [7, 11) is 2.08. The van der Waals surface area contributed by atoms with Crippen molar-refractivity contribution in [2.75, 3.05) is 33.3 Å². The third-order valence-corrected chi connectivity index (χ3v) is 4.53. The van der Waals surface area contributed by atoms with Crippen molar-refractivity contribution in [2.45, 2.75) is 44.6 Å². The molecule has 0 aromatic heterocycles. The smallest absolute Gasteiger partial charge is 0.0431 e. The summed E-state index contributed by atoms with van der Waals surface area (Å²) in [6, 6.07) is 0.660. The molecule has 3 heteroatoms. The first kappa shape index (κ1) is 13.3. The Morgan fingerprint density at radius 3 is 2.65 bits per heavy atom. The van der Waals surface area contributed by atoms with Gasteiger partial charge >= 0.3 is 0 Å². The van der Waals surface area contributed by atoms with Gasteiger partial charge in [0.05, 0.1) is 0 Å². The van der Waals surface area contributed by atoms with E-state index in [1.807, 2.05) is 0 Å². The van der Waals surface area contributed by atoms with Crippen LogP contribution < -0.4 is 5.32 Å². The molecule has 0 radical (unpaired) electrons. The molecular formula is C14H28N2O. The van der Waals surface area contributed by atoms with E-state index < -0.39 is 0 Å². The summed E-state index contributed by atoms with van der Waals surface area (Å²) in [5, 5.41) is 12.4. The van der Waals surface area contributed by atoms with E-state index in [1.165, 1.54) is 51.7 Å². The van der Waals surface area contributed by atoms with Crippen LogP contribution in [0.3, 0.4) is 0 Å². The maximum absolute atomic E-state index is 8.95. The highest BCUT2D eigenvalue weighted by molar-refractivity contribution is 4.85. The normalized spacial score (nSPS) is 31.4. The number of likely N-dealkylation sites (tertiary alicyclic amines) is 1. The van der Waals surface area contributed by atoms with Gasteiger partial charge in [-0.05, 0) is 51.0 Å². The minimum atomic E-state index is 0.351. The Morgan fingerprint density at radius 1 is 1.24 bits per heavy atom. The molecule has 1 saturated carbocycles. The van der Waals surface area contributed by atoms with Crippen LogP contribution in [-0.2, 0) is 0 Å². The third kappa shape index (κ3) is 3.94. The van der Waals surface area contributed by atoms with Gasteiger partial charge in [-0.15, -0.1) is 0 Å². The molecule has 1 heterocycles. The van der Waals surface area contributed by atoms with E-state index in [9.17, 15) is 0 Å². The minimum absolute atomic E-state index is 0.351. The second-order valence-corrected chi connectivity index (χ2v) is 5.97. The van der Waals surface area contributed by atoms with Crippen molar-refractivity contribution < 1.29 is 5.11 Å². The SMILES string of the molecule is CNC1CC(CCCO)CN(CC2CCC2)C1. The highest BCUT2D eigenvalue weighted by Crippen LogP contribution is 2.29. The van der Waals surface area contributed by atoms with Gasteiger partial charge in [0.15, 0.2) is 0 Å². The molecule has 2 fully saturated rings. The van der Waals surface area contributed by atoms with E-state index in [0.29, 0.717) is 12.6 Å². The molecule has 0 spiro atoms. The molecule has 0 amide bonds. The fourth-order valence-corrected chi connectivity index (χ4v) is 3.29. The van der Waals surface area contributed by atoms with Gasteiger partial charge in [0, 0.05) is 32.3 Å². The number of nitrogens with zero attached hydrogens (tertiary/aromatic N) is 1. The Kier molecular flexibility index (Phi) is 5.26. The van der Waals surface area contributed by atoms with Crippen LogP contribution in [0.5, 0.6) is 0 Å². The Labute approximate surface area is 106 Å². The van der Waals surface area contributed by atoms with Crippen molar-refractivity contribution in [1.82, 2.24) is 10.2 Å².